The van der Waals surface area contributed by atoms with Crippen LogP contribution in [-0.4, -0.2) is 19.8 Å². The topological polar surface area (TPSA) is 35.2 Å². The summed E-state index contributed by atoms with van der Waals surface area (Å²) in [7, 11) is 0. The average Bonchev–Trinajstić information content (AvgIpc) is 2.39. The van der Waals surface area contributed by atoms with Crippen LogP contribution in [0.4, 0.5) is 0 Å². The number of hydrogen-bond donors (Lipinski definition) is 1. The molecule has 0 bridgehead atoms. The van der Waals surface area contributed by atoms with Crippen molar-refractivity contribution >= 4 is 0 Å². The largest absolute Gasteiger partial charge is 0.381 e. The molecule has 0 saturated heterocycles. The van der Waals surface area contributed by atoms with Gasteiger partial charge in [-0.2, -0.15) is 0 Å². The zero-order chi connectivity index (χ0) is 14.2. The molecule has 19 heavy (non-hydrogen) atoms. The number of hydrogen-bond acceptors (Lipinski definition) is 2. The van der Waals surface area contributed by atoms with Crippen LogP contribution in [-0.2, 0) is 4.74 Å². The molecule has 0 fully saturated rings. The molecule has 0 aromatic carbocycles. The van der Waals surface area contributed by atoms with Gasteiger partial charge in [-0.25, -0.2) is 0 Å². The summed E-state index contributed by atoms with van der Waals surface area (Å²) in [6.45, 7) is 7.15. The molecule has 0 radical (unpaired) electrons. The van der Waals surface area contributed by atoms with Gasteiger partial charge in [0.15, 0.2) is 0 Å². The van der Waals surface area contributed by atoms with Gasteiger partial charge in [0.05, 0.1) is 0 Å². The Bertz CT molecular complexity index is 159. The smallest absolute Gasteiger partial charge is 0.0478 e. The van der Waals surface area contributed by atoms with Crippen molar-refractivity contribution in [3.8, 4) is 0 Å². The van der Waals surface area contributed by atoms with Crippen LogP contribution in [0, 0.1) is 5.92 Å². The van der Waals surface area contributed by atoms with Gasteiger partial charge in [-0.05, 0) is 25.3 Å². The molecular weight excluding hydrogens is 234 g/mol. The normalized spacial score (nSPS) is 11.4. The quantitative estimate of drug-likeness (QED) is 0.430. The van der Waals surface area contributed by atoms with Crippen molar-refractivity contribution in [2.75, 3.05) is 19.8 Å². The van der Waals surface area contributed by atoms with Crippen LogP contribution in [0.3, 0.4) is 0 Å². The van der Waals surface area contributed by atoms with E-state index in [1.54, 1.807) is 0 Å². The monoisotopic (exact) mass is 271 g/mol. The lowest BCUT2D eigenvalue weighted by Crippen LogP contribution is -2.04. The van der Waals surface area contributed by atoms with Crippen molar-refractivity contribution in [1.82, 2.24) is 0 Å². The summed E-state index contributed by atoms with van der Waals surface area (Å²) in [4.78, 5) is 0. The molecule has 116 valence electrons. The van der Waals surface area contributed by atoms with Crippen LogP contribution in [0.5, 0.6) is 0 Å². The molecule has 2 N–H and O–H groups in total. The fourth-order valence-electron chi connectivity index (χ4n) is 2.28. The summed E-state index contributed by atoms with van der Waals surface area (Å²) in [5.41, 5.74) is 5.40. The summed E-state index contributed by atoms with van der Waals surface area (Å²) in [6, 6.07) is 0. The minimum atomic E-state index is 0.747. The summed E-state index contributed by atoms with van der Waals surface area (Å²) in [5, 5.41) is 0. The number of unbranched alkanes of at least 4 members (excludes halogenated alkanes) is 8. The Morgan fingerprint density at radius 2 is 1.16 bits per heavy atom. The maximum atomic E-state index is 5.49. The van der Waals surface area contributed by atoms with E-state index in [4.69, 9.17) is 10.5 Å². The molecule has 0 aromatic rings. The zero-order valence-electron chi connectivity index (χ0n) is 13.5. The molecule has 0 amide bonds. The number of rotatable bonds is 15. The van der Waals surface area contributed by atoms with Crippen molar-refractivity contribution in [2.24, 2.45) is 11.7 Å². The van der Waals surface area contributed by atoms with Gasteiger partial charge in [-0.1, -0.05) is 71.6 Å². The lowest BCUT2D eigenvalue weighted by Gasteiger charge is -2.05. The van der Waals surface area contributed by atoms with Gasteiger partial charge in [0, 0.05) is 13.2 Å². The first-order chi connectivity index (χ1) is 9.27. The minimum absolute atomic E-state index is 0.747. The van der Waals surface area contributed by atoms with E-state index < -0.39 is 0 Å². The highest BCUT2D eigenvalue weighted by molar-refractivity contribution is 4.50. The Morgan fingerprint density at radius 1 is 0.684 bits per heavy atom. The Morgan fingerprint density at radius 3 is 1.68 bits per heavy atom. The van der Waals surface area contributed by atoms with Crippen LogP contribution < -0.4 is 5.73 Å². The first kappa shape index (κ1) is 18.9. The highest BCUT2D eigenvalue weighted by atomic mass is 16.5. The third-order valence-electron chi connectivity index (χ3n) is 3.56. The lowest BCUT2D eigenvalue weighted by molar-refractivity contribution is 0.129. The summed E-state index contributed by atoms with van der Waals surface area (Å²) in [6.07, 6.45) is 14.9. The van der Waals surface area contributed by atoms with Gasteiger partial charge in [-0.3, -0.25) is 0 Å². The predicted molar refractivity (Wildman–Crippen MR) is 85.5 cm³/mol. The van der Waals surface area contributed by atoms with Gasteiger partial charge in [0.25, 0.3) is 0 Å². The Labute approximate surface area is 121 Å². The molecule has 0 aliphatic heterocycles. The summed E-state index contributed by atoms with van der Waals surface area (Å²) in [5.74, 6) is 0.882. The summed E-state index contributed by atoms with van der Waals surface area (Å²) < 4.78 is 5.49. The van der Waals surface area contributed by atoms with E-state index >= 15 is 0 Å². The predicted octanol–water partition coefficient (Wildman–Crippen LogP) is 4.91. The highest BCUT2D eigenvalue weighted by Gasteiger charge is 1.95. The lowest BCUT2D eigenvalue weighted by atomic mass is 10.0. The van der Waals surface area contributed by atoms with E-state index in [1.165, 1.54) is 64.2 Å². The third kappa shape index (κ3) is 17.9. The second kappa shape index (κ2) is 16.0. The van der Waals surface area contributed by atoms with E-state index in [0.717, 1.165) is 32.1 Å². The van der Waals surface area contributed by atoms with E-state index in [-0.39, 0.29) is 0 Å². The molecule has 0 atom stereocenters. The Kier molecular flexibility index (Phi) is 15.9. The van der Waals surface area contributed by atoms with Gasteiger partial charge in [0.2, 0.25) is 0 Å². The fourth-order valence-corrected chi connectivity index (χ4v) is 2.28. The van der Waals surface area contributed by atoms with Crippen LogP contribution in [0.2, 0.25) is 0 Å². The van der Waals surface area contributed by atoms with Crippen LogP contribution in [0.25, 0.3) is 0 Å². The minimum Gasteiger partial charge on any atom is -0.381 e. The first-order valence-corrected chi connectivity index (χ1v) is 8.55. The molecule has 2 nitrogen and oxygen atoms in total. The highest BCUT2D eigenvalue weighted by Crippen LogP contribution is 2.12. The molecule has 0 aromatic heterocycles. The average molecular weight is 271 g/mol. The fraction of sp³-hybridized carbons (Fsp3) is 1.00. The Balaban J connectivity index is 2.91. The maximum Gasteiger partial charge on any atom is 0.0478 e. The van der Waals surface area contributed by atoms with Crippen molar-refractivity contribution in [2.45, 2.75) is 84.5 Å². The van der Waals surface area contributed by atoms with E-state index in [0.29, 0.717) is 0 Å². The molecule has 0 aliphatic carbocycles. The van der Waals surface area contributed by atoms with E-state index in [2.05, 4.69) is 13.8 Å². The van der Waals surface area contributed by atoms with Crippen molar-refractivity contribution in [3.63, 3.8) is 0 Å². The van der Waals surface area contributed by atoms with Gasteiger partial charge >= 0.3 is 0 Å². The van der Waals surface area contributed by atoms with Gasteiger partial charge in [-0.15, -0.1) is 0 Å². The van der Waals surface area contributed by atoms with Crippen LogP contribution in [0.15, 0.2) is 0 Å². The molecule has 0 saturated carbocycles. The molecule has 2 heteroatoms. The van der Waals surface area contributed by atoms with Crippen LogP contribution in [0.1, 0.15) is 84.5 Å². The Hall–Kier alpha value is -0.0800. The van der Waals surface area contributed by atoms with Gasteiger partial charge in [0.1, 0.15) is 0 Å². The third-order valence-corrected chi connectivity index (χ3v) is 3.56. The maximum absolute atomic E-state index is 5.49. The molecule has 0 aliphatic rings. The molecule has 0 rings (SSSR count). The standard InChI is InChI=1S/C17H37NO/c1-17(2)13-10-8-6-4-3-5-7-9-11-15-19-16-12-14-18/h17H,3-16,18H2,1-2H3. The van der Waals surface area contributed by atoms with Crippen molar-refractivity contribution < 1.29 is 4.74 Å². The first-order valence-electron chi connectivity index (χ1n) is 8.55. The number of nitrogens with two attached hydrogens (primary N) is 1. The van der Waals surface area contributed by atoms with E-state index in [1.807, 2.05) is 0 Å². The number of ether oxygens (including phenoxy) is 1. The van der Waals surface area contributed by atoms with Crippen LogP contribution >= 0.6 is 0 Å². The molecular formula is C17H37NO. The molecule has 0 heterocycles. The van der Waals surface area contributed by atoms with Crippen molar-refractivity contribution in [3.05, 3.63) is 0 Å². The van der Waals surface area contributed by atoms with Crippen molar-refractivity contribution in [1.29, 1.82) is 0 Å². The molecule has 0 spiro atoms. The van der Waals surface area contributed by atoms with Gasteiger partial charge < -0.3 is 10.5 Å². The molecule has 0 unspecified atom stereocenters. The zero-order valence-corrected chi connectivity index (χ0v) is 13.5. The summed E-state index contributed by atoms with van der Waals surface area (Å²) >= 11 is 0. The van der Waals surface area contributed by atoms with E-state index in [9.17, 15) is 0 Å². The SMILES string of the molecule is CC(C)CCCCCCCCCCCOCCCN. The second-order valence-electron chi connectivity index (χ2n) is 6.12. The second-order valence-corrected chi connectivity index (χ2v) is 6.12.